The first-order chi connectivity index (χ1) is 12.5. The molecule has 3 rings (SSSR count). The van der Waals surface area contributed by atoms with Crippen LogP contribution in [0.25, 0.3) is 0 Å². The number of amides is 2. The molecule has 2 amide bonds. The van der Waals surface area contributed by atoms with E-state index in [1.54, 1.807) is 24.3 Å². The van der Waals surface area contributed by atoms with E-state index >= 15 is 0 Å². The second-order valence-electron chi connectivity index (χ2n) is 6.16. The van der Waals surface area contributed by atoms with Gasteiger partial charge in [0, 0.05) is 29.7 Å². The number of benzene rings is 2. The Hall–Kier alpha value is -2.11. The fourth-order valence-corrected chi connectivity index (χ4v) is 3.45. The largest absolute Gasteiger partial charge is 0.338 e. The molecule has 1 aliphatic heterocycles. The third-order valence-corrected chi connectivity index (χ3v) is 4.97. The summed E-state index contributed by atoms with van der Waals surface area (Å²) in [6.45, 7) is 0.744. The average Bonchev–Trinajstić information content (AvgIpc) is 2.61. The summed E-state index contributed by atoms with van der Waals surface area (Å²) >= 11 is 11.9. The minimum absolute atomic E-state index is 0.0934. The third-order valence-electron chi connectivity index (χ3n) is 4.42. The predicted molar refractivity (Wildman–Crippen MR) is 100 cm³/mol. The Labute approximate surface area is 160 Å². The smallest absolute Gasteiger partial charge is 0.258 e. The lowest BCUT2D eigenvalue weighted by Crippen LogP contribution is -2.41. The van der Waals surface area contributed by atoms with Gasteiger partial charge in [0.2, 0.25) is 5.91 Å². The average molecular weight is 395 g/mol. The molecule has 1 N–H and O–H groups in total. The quantitative estimate of drug-likeness (QED) is 0.825. The highest BCUT2D eigenvalue weighted by Gasteiger charge is 2.29. The number of anilines is 1. The Kier molecular flexibility index (Phi) is 5.79. The number of nitrogens with one attached hydrogen (secondary N) is 1. The zero-order valence-electron chi connectivity index (χ0n) is 13.8. The number of nitrogens with zero attached hydrogens (tertiary/aromatic N) is 1. The van der Waals surface area contributed by atoms with Crippen LogP contribution in [0, 0.1) is 11.7 Å². The first-order valence-electron chi connectivity index (χ1n) is 8.25. The molecule has 0 unspecified atom stereocenters. The van der Waals surface area contributed by atoms with Crippen LogP contribution in [0.5, 0.6) is 0 Å². The van der Waals surface area contributed by atoms with Crippen molar-refractivity contribution in [1.29, 1.82) is 0 Å². The molecule has 136 valence electrons. The topological polar surface area (TPSA) is 49.4 Å². The van der Waals surface area contributed by atoms with E-state index in [0.29, 0.717) is 36.6 Å². The SMILES string of the molecule is O=C(Nc1cccc(Cl)c1)C1CCN(C(=O)c2c(F)cccc2Cl)CC1. The summed E-state index contributed by atoms with van der Waals surface area (Å²) in [5.41, 5.74) is 0.523. The second-order valence-corrected chi connectivity index (χ2v) is 7.01. The molecule has 7 heteroatoms. The molecule has 2 aromatic carbocycles. The Morgan fingerprint density at radius 3 is 2.42 bits per heavy atom. The molecule has 0 aliphatic carbocycles. The van der Waals surface area contributed by atoms with Gasteiger partial charge in [0.1, 0.15) is 5.82 Å². The van der Waals surface area contributed by atoms with Crippen molar-refractivity contribution in [3.05, 3.63) is 63.9 Å². The molecule has 0 aromatic heterocycles. The minimum atomic E-state index is -0.636. The van der Waals surface area contributed by atoms with Gasteiger partial charge in [-0.3, -0.25) is 9.59 Å². The highest BCUT2D eigenvalue weighted by molar-refractivity contribution is 6.33. The molecule has 2 aromatic rings. The summed E-state index contributed by atoms with van der Waals surface area (Å²) in [4.78, 5) is 26.5. The van der Waals surface area contributed by atoms with Crippen molar-refractivity contribution < 1.29 is 14.0 Å². The van der Waals surface area contributed by atoms with Crippen LogP contribution in [-0.4, -0.2) is 29.8 Å². The van der Waals surface area contributed by atoms with Gasteiger partial charge in [-0.25, -0.2) is 4.39 Å². The molecule has 26 heavy (non-hydrogen) atoms. The summed E-state index contributed by atoms with van der Waals surface area (Å²) in [5, 5.41) is 3.48. The first-order valence-corrected chi connectivity index (χ1v) is 9.01. The fourth-order valence-electron chi connectivity index (χ4n) is 3.02. The van der Waals surface area contributed by atoms with E-state index in [9.17, 15) is 14.0 Å². The van der Waals surface area contributed by atoms with Gasteiger partial charge in [0.05, 0.1) is 10.6 Å². The Bertz CT molecular complexity index is 816. The number of carbonyl (C=O) groups excluding carboxylic acids is 2. The molecule has 1 aliphatic rings. The number of hydrogen-bond donors (Lipinski definition) is 1. The second kappa shape index (κ2) is 8.06. The van der Waals surface area contributed by atoms with Crippen molar-refractivity contribution in [2.75, 3.05) is 18.4 Å². The van der Waals surface area contributed by atoms with E-state index in [1.807, 2.05) is 0 Å². The van der Waals surface area contributed by atoms with Gasteiger partial charge >= 0.3 is 0 Å². The molecule has 1 heterocycles. The number of piperidine rings is 1. The van der Waals surface area contributed by atoms with Gasteiger partial charge in [-0.15, -0.1) is 0 Å². The molecular formula is C19H17Cl2FN2O2. The van der Waals surface area contributed by atoms with E-state index in [0.717, 1.165) is 0 Å². The number of likely N-dealkylation sites (tertiary alicyclic amines) is 1. The van der Waals surface area contributed by atoms with Crippen molar-refractivity contribution in [3.63, 3.8) is 0 Å². The Morgan fingerprint density at radius 2 is 1.77 bits per heavy atom. The normalized spacial score (nSPS) is 15.0. The van der Waals surface area contributed by atoms with Crippen LogP contribution in [0.1, 0.15) is 23.2 Å². The molecule has 0 saturated carbocycles. The van der Waals surface area contributed by atoms with E-state index in [-0.39, 0.29) is 22.4 Å². The molecule has 0 spiro atoms. The van der Waals surface area contributed by atoms with Crippen molar-refractivity contribution in [1.82, 2.24) is 4.90 Å². The molecular weight excluding hydrogens is 378 g/mol. The lowest BCUT2D eigenvalue weighted by atomic mass is 9.95. The highest BCUT2D eigenvalue weighted by atomic mass is 35.5. The van der Waals surface area contributed by atoms with Gasteiger partial charge in [0.25, 0.3) is 5.91 Å². The molecule has 1 saturated heterocycles. The first kappa shape index (κ1) is 18.7. The number of hydrogen-bond acceptors (Lipinski definition) is 2. The summed E-state index contributed by atoms with van der Waals surface area (Å²) in [6, 6.07) is 11.1. The van der Waals surface area contributed by atoms with E-state index in [1.165, 1.54) is 23.1 Å². The summed E-state index contributed by atoms with van der Waals surface area (Å²) in [6.07, 6.45) is 1.01. The monoisotopic (exact) mass is 394 g/mol. The standard InChI is InChI=1S/C19H17Cl2FN2O2/c20-13-3-1-4-14(11-13)23-18(25)12-7-9-24(10-8-12)19(26)17-15(21)5-2-6-16(17)22/h1-6,11-12H,7-10H2,(H,23,25). The lowest BCUT2D eigenvalue weighted by Gasteiger charge is -2.31. The summed E-state index contributed by atoms with van der Waals surface area (Å²) in [7, 11) is 0. The molecule has 0 atom stereocenters. The van der Waals surface area contributed by atoms with Crippen LogP contribution in [0.2, 0.25) is 10.0 Å². The number of rotatable bonds is 3. The predicted octanol–water partition coefficient (Wildman–Crippen LogP) is 4.62. The van der Waals surface area contributed by atoms with Crippen LogP contribution in [-0.2, 0) is 4.79 Å². The van der Waals surface area contributed by atoms with E-state index in [2.05, 4.69) is 5.32 Å². The summed E-state index contributed by atoms with van der Waals surface area (Å²) < 4.78 is 13.9. The van der Waals surface area contributed by atoms with Crippen LogP contribution in [0.15, 0.2) is 42.5 Å². The number of carbonyl (C=O) groups is 2. The minimum Gasteiger partial charge on any atom is -0.338 e. The Morgan fingerprint density at radius 1 is 1.08 bits per heavy atom. The zero-order valence-corrected chi connectivity index (χ0v) is 15.4. The highest BCUT2D eigenvalue weighted by Crippen LogP contribution is 2.25. The zero-order chi connectivity index (χ0) is 18.7. The summed E-state index contributed by atoms with van der Waals surface area (Å²) in [5.74, 6) is -1.40. The lowest BCUT2D eigenvalue weighted by molar-refractivity contribution is -0.121. The third kappa shape index (κ3) is 4.17. The van der Waals surface area contributed by atoms with Crippen molar-refractivity contribution in [2.45, 2.75) is 12.8 Å². The molecule has 0 radical (unpaired) electrons. The van der Waals surface area contributed by atoms with Gasteiger partial charge in [-0.05, 0) is 43.2 Å². The maximum atomic E-state index is 13.9. The maximum Gasteiger partial charge on any atom is 0.258 e. The molecule has 0 bridgehead atoms. The molecule has 4 nitrogen and oxygen atoms in total. The van der Waals surface area contributed by atoms with E-state index < -0.39 is 11.7 Å². The molecule has 1 fully saturated rings. The van der Waals surface area contributed by atoms with Gasteiger partial charge in [-0.1, -0.05) is 35.3 Å². The van der Waals surface area contributed by atoms with Gasteiger partial charge in [0.15, 0.2) is 0 Å². The van der Waals surface area contributed by atoms with E-state index in [4.69, 9.17) is 23.2 Å². The van der Waals surface area contributed by atoms with Gasteiger partial charge < -0.3 is 10.2 Å². The van der Waals surface area contributed by atoms with Crippen molar-refractivity contribution in [3.8, 4) is 0 Å². The number of halogens is 3. The van der Waals surface area contributed by atoms with Crippen LogP contribution < -0.4 is 5.32 Å². The Balaban J connectivity index is 1.60. The van der Waals surface area contributed by atoms with Crippen LogP contribution in [0.3, 0.4) is 0 Å². The van der Waals surface area contributed by atoms with Crippen molar-refractivity contribution >= 4 is 40.7 Å². The van der Waals surface area contributed by atoms with Crippen LogP contribution >= 0.6 is 23.2 Å². The maximum absolute atomic E-state index is 13.9. The van der Waals surface area contributed by atoms with Crippen LogP contribution in [0.4, 0.5) is 10.1 Å². The van der Waals surface area contributed by atoms with Gasteiger partial charge in [-0.2, -0.15) is 0 Å². The van der Waals surface area contributed by atoms with Crippen molar-refractivity contribution in [2.24, 2.45) is 5.92 Å². The fraction of sp³-hybridized carbons (Fsp3) is 0.263.